The van der Waals surface area contributed by atoms with E-state index in [4.69, 9.17) is 17.3 Å². The molecule has 0 spiro atoms. The third-order valence-corrected chi connectivity index (χ3v) is 3.14. The zero-order chi connectivity index (χ0) is 13.3. The molecule has 0 aliphatic rings. The predicted molar refractivity (Wildman–Crippen MR) is 73.2 cm³/mol. The lowest BCUT2D eigenvalue weighted by molar-refractivity contribution is 0.512. The fourth-order valence-corrected chi connectivity index (χ4v) is 1.95. The third-order valence-electron chi connectivity index (χ3n) is 2.32. The van der Waals surface area contributed by atoms with Crippen LogP contribution < -0.4 is 11.1 Å². The van der Waals surface area contributed by atoms with Crippen LogP contribution in [0.1, 0.15) is 0 Å². The molecule has 0 aliphatic heterocycles. The molecule has 0 aromatic heterocycles. The lowest BCUT2D eigenvalue weighted by Crippen LogP contribution is -2.01. The van der Waals surface area contributed by atoms with Crippen LogP contribution in [0.5, 0.6) is 0 Å². The van der Waals surface area contributed by atoms with E-state index in [0.717, 1.165) is 10.5 Å². The normalized spacial score (nSPS) is 10.4. The maximum atomic E-state index is 13.6. The lowest BCUT2D eigenvalue weighted by Gasteiger charge is -2.12. The van der Waals surface area contributed by atoms with Crippen molar-refractivity contribution in [1.82, 2.24) is 0 Å². The van der Waals surface area contributed by atoms with Gasteiger partial charge in [-0.1, -0.05) is 27.5 Å². The van der Waals surface area contributed by atoms with Crippen LogP contribution in [0.4, 0.5) is 25.8 Å². The maximum Gasteiger partial charge on any atom is 0.184 e. The molecule has 0 bridgehead atoms. The summed E-state index contributed by atoms with van der Waals surface area (Å²) in [6, 6.07) is 7.26. The second kappa shape index (κ2) is 5.12. The minimum atomic E-state index is -1.04. The van der Waals surface area contributed by atoms with Crippen LogP contribution in [0.25, 0.3) is 0 Å². The lowest BCUT2D eigenvalue weighted by atomic mass is 10.2. The highest BCUT2D eigenvalue weighted by atomic mass is 79.9. The second-order valence-corrected chi connectivity index (χ2v) is 4.90. The molecule has 2 aromatic rings. The van der Waals surface area contributed by atoms with Crippen molar-refractivity contribution in [2.45, 2.75) is 0 Å². The molecule has 0 saturated carbocycles. The van der Waals surface area contributed by atoms with E-state index in [0.29, 0.717) is 10.7 Å². The molecule has 18 heavy (non-hydrogen) atoms. The third kappa shape index (κ3) is 2.57. The molecule has 0 heterocycles. The quantitative estimate of drug-likeness (QED) is 0.781. The Morgan fingerprint density at radius 1 is 1.17 bits per heavy atom. The fourth-order valence-electron chi connectivity index (χ4n) is 1.42. The summed E-state index contributed by atoms with van der Waals surface area (Å²) in [5, 5.41) is 3.06. The van der Waals surface area contributed by atoms with Crippen molar-refractivity contribution in [2.24, 2.45) is 0 Å². The molecule has 3 N–H and O–H groups in total. The van der Waals surface area contributed by atoms with Gasteiger partial charge in [0.1, 0.15) is 5.69 Å². The van der Waals surface area contributed by atoms with Crippen molar-refractivity contribution in [3.63, 3.8) is 0 Å². The minimum absolute atomic E-state index is 0.102. The molecule has 0 fully saturated rings. The topological polar surface area (TPSA) is 38.0 Å². The van der Waals surface area contributed by atoms with Crippen LogP contribution in [-0.4, -0.2) is 0 Å². The van der Waals surface area contributed by atoms with E-state index < -0.39 is 11.6 Å². The Morgan fingerprint density at radius 2 is 1.89 bits per heavy atom. The Kier molecular flexibility index (Phi) is 3.73. The molecule has 0 unspecified atom stereocenters. The monoisotopic (exact) mass is 332 g/mol. The smallest absolute Gasteiger partial charge is 0.184 e. The van der Waals surface area contributed by atoms with Crippen LogP contribution in [0.15, 0.2) is 34.8 Å². The van der Waals surface area contributed by atoms with Crippen LogP contribution in [-0.2, 0) is 0 Å². The van der Waals surface area contributed by atoms with Gasteiger partial charge in [0.05, 0.1) is 16.4 Å². The molecule has 94 valence electrons. The zero-order valence-electron chi connectivity index (χ0n) is 8.98. The van der Waals surface area contributed by atoms with Gasteiger partial charge in [0.2, 0.25) is 0 Å². The molecule has 0 aliphatic carbocycles. The number of halogens is 4. The summed E-state index contributed by atoms with van der Waals surface area (Å²) in [6.07, 6.45) is 0. The number of nitrogen functional groups attached to an aromatic ring is 1. The Hall–Kier alpha value is -1.33. The molecule has 2 aromatic carbocycles. The van der Waals surface area contributed by atoms with Gasteiger partial charge in [0, 0.05) is 4.47 Å². The van der Waals surface area contributed by atoms with Gasteiger partial charge in [0.25, 0.3) is 0 Å². The SMILES string of the molecule is Nc1ccc(F)c(F)c1Nc1cc(Br)ccc1Cl. The zero-order valence-corrected chi connectivity index (χ0v) is 11.3. The average Bonchev–Trinajstić information content (AvgIpc) is 2.34. The number of nitrogens with one attached hydrogen (secondary N) is 1. The summed E-state index contributed by atoms with van der Waals surface area (Å²) < 4.78 is 27.5. The van der Waals surface area contributed by atoms with Gasteiger partial charge in [-0.15, -0.1) is 0 Å². The Balaban J connectivity index is 2.46. The molecule has 0 amide bonds. The Bertz CT molecular complexity index is 605. The molecule has 0 atom stereocenters. The van der Waals surface area contributed by atoms with Crippen molar-refractivity contribution < 1.29 is 8.78 Å². The summed E-state index contributed by atoms with van der Waals surface area (Å²) >= 11 is 9.21. The van der Waals surface area contributed by atoms with Gasteiger partial charge in [-0.25, -0.2) is 8.78 Å². The van der Waals surface area contributed by atoms with Crippen LogP contribution >= 0.6 is 27.5 Å². The highest BCUT2D eigenvalue weighted by Gasteiger charge is 2.13. The van der Waals surface area contributed by atoms with Crippen molar-refractivity contribution in [1.29, 1.82) is 0 Å². The summed E-state index contributed by atoms with van der Waals surface area (Å²) in [5.74, 6) is -2.01. The fraction of sp³-hybridized carbons (Fsp3) is 0. The molecular formula is C12H8BrClF2N2. The van der Waals surface area contributed by atoms with E-state index in [1.807, 2.05) is 0 Å². The van der Waals surface area contributed by atoms with Gasteiger partial charge in [-0.2, -0.15) is 0 Å². The number of benzene rings is 2. The summed E-state index contributed by atoms with van der Waals surface area (Å²) in [7, 11) is 0. The van der Waals surface area contributed by atoms with Gasteiger partial charge < -0.3 is 11.1 Å². The van der Waals surface area contributed by atoms with Crippen molar-refractivity contribution in [3.8, 4) is 0 Å². The number of hydrogen-bond donors (Lipinski definition) is 2. The Labute approximate surface area is 116 Å². The molecule has 0 radical (unpaired) electrons. The van der Waals surface area contributed by atoms with Gasteiger partial charge in [0.15, 0.2) is 11.6 Å². The average molecular weight is 334 g/mol. The van der Waals surface area contributed by atoms with Gasteiger partial charge in [-0.05, 0) is 30.3 Å². The van der Waals surface area contributed by atoms with E-state index in [9.17, 15) is 8.78 Å². The van der Waals surface area contributed by atoms with Crippen molar-refractivity contribution >= 4 is 44.6 Å². The van der Waals surface area contributed by atoms with Crippen molar-refractivity contribution in [2.75, 3.05) is 11.1 Å². The number of anilines is 3. The summed E-state index contributed by atoms with van der Waals surface area (Å²) in [4.78, 5) is 0. The number of hydrogen-bond acceptors (Lipinski definition) is 2. The molecule has 2 nitrogen and oxygen atoms in total. The van der Waals surface area contributed by atoms with Crippen LogP contribution in [0.3, 0.4) is 0 Å². The first-order valence-electron chi connectivity index (χ1n) is 4.94. The van der Waals surface area contributed by atoms with E-state index in [2.05, 4.69) is 21.2 Å². The highest BCUT2D eigenvalue weighted by Crippen LogP contribution is 2.33. The van der Waals surface area contributed by atoms with Crippen LogP contribution in [0.2, 0.25) is 5.02 Å². The number of rotatable bonds is 2. The standard InChI is InChI=1S/C12H8BrClF2N2/c13-6-1-2-7(14)10(5-6)18-12-9(17)4-3-8(15)11(12)16/h1-5,18H,17H2. The van der Waals surface area contributed by atoms with E-state index in [1.165, 1.54) is 6.07 Å². The van der Waals surface area contributed by atoms with Crippen LogP contribution in [0, 0.1) is 11.6 Å². The van der Waals surface area contributed by atoms with Gasteiger partial charge in [-0.3, -0.25) is 0 Å². The largest absolute Gasteiger partial charge is 0.397 e. The number of nitrogens with two attached hydrogens (primary N) is 1. The van der Waals surface area contributed by atoms with Gasteiger partial charge >= 0.3 is 0 Å². The van der Waals surface area contributed by atoms with E-state index in [1.54, 1.807) is 18.2 Å². The van der Waals surface area contributed by atoms with E-state index >= 15 is 0 Å². The minimum Gasteiger partial charge on any atom is -0.397 e. The molecule has 6 heteroatoms. The van der Waals surface area contributed by atoms with Crippen molar-refractivity contribution in [3.05, 3.63) is 51.5 Å². The first-order valence-corrected chi connectivity index (χ1v) is 6.11. The molecule has 0 saturated heterocycles. The maximum absolute atomic E-state index is 13.6. The molecular weight excluding hydrogens is 325 g/mol. The highest BCUT2D eigenvalue weighted by molar-refractivity contribution is 9.10. The first kappa shape index (κ1) is 13.1. The molecule has 2 rings (SSSR count). The second-order valence-electron chi connectivity index (χ2n) is 3.57. The Morgan fingerprint density at radius 3 is 2.61 bits per heavy atom. The summed E-state index contributed by atoms with van der Waals surface area (Å²) in [5.41, 5.74) is 6.01. The first-order chi connectivity index (χ1) is 8.49. The summed E-state index contributed by atoms with van der Waals surface area (Å²) in [6.45, 7) is 0. The van der Waals surface area contributed by atoms with E-state index in [-0.39, 0.29) is 11.4 Å². The predicted octanol–water partition coefficient (Wildman–Crippen LogP) is 4.71.